The van der Waals surface area contributed by atoms with Gasteiger partial charge in [0.15, 0.2) is 11.5 Å². The van der Waals surface area contributed by atoms with Crippen molar-refractivity contribution in [3.8, 4) is 22.8 Å². The summed E-state index contributed by atoms with van der Waals surface area (Å²) in [7, 11) is 2.15. The molecule has 0 unspecified atom stereocenters. The lowest BCUT2D eigenvalue weighted by Crippen LogP contribution is -2.44. The van der Waals surface area contributed by atoms with Crippen LogP contribution in [0.1, 0.15) is 32.1 Å². The van der Waals surface area contributed by atoms with E-state index in [1.54, 1.807) is 18.6 Å². The number of aromatic amines is 2. The van der Waals surface area contributed by atoms with Crippen molar-refractivity contribution < 1.29 is 4.79 Å². The van der Waals surface area contributed by atoms with Gasteiger partial charge in [-0.3, -0.25) is 19.9 Å². The zero-order valence-corrected chi connectivity index (χ0v) is 22.5. The lowest BCUT2D eigenvalue weighted by Gasteiger charge is -2.34. The minimum atomic E-state index is 0.0774. The molecular formula is C29H32N10O. The molecule has 1 amide bonds. The zero-order valence-electron chi connectivity index (χ0n) is 22.5. The molecule has 1 saturated carbocycles. The normalized spacial score (nSPS) is 17.1. The molecule has 0 radical (unpaired) electrons. The molecule has 6 heterocycles. The summed E-state index contributed by atoms with van der Waals surface area (Å²) in [6.45, 7) is 3.95. The molecule has 0 bridgehead atoms. The molecule has 11 heteroatoms. The van der Waals surface area contributed by atoms with Crippen LogP contribution in [0.4, 0.5) is 11.4 Å². The first-order valence-electron chi connectivity index (χ1n) is 14.0. The number of rotatable bonds is 5. The first-order valence-corrected chi connectivity index (χ1v) is 14.0. The summed E-state index contributed by atoms with van der Waals surface area (Å²) in [5.41, 5.74) is 6.44. The molecule has 3 N–H and O–H groups in total. The van der Waals surface area contributed by atoms with E-state index in [0.717, 1.165) is 85.2 Å². The van der Waals surface area contributed by atoms with Gasteiger partial charge in [0.05, 0.1) is 35.0 Å². The molecule has 5 aromatic rings. The number of pyridine rings is 3. The Bertz CT molecular complexity index is 1680. The van der Waals surface area contributed by atoms with Crippen LogP contribution in [0.15, 0.2) is 43.0 Å². The van der Waals surface area contributed by atoms with Gasteiger partial charge in [0.25, 0.3) is 0 Å². The Morgan fingerprint density at radius 3 is 2.73 bits per heavy atom. The van der Waals surface area contributed by atoms with Gasteiger partial charge in [0.2, 0.25) is 5.91 Å². The third-order valence-corrected chi connectivity index (χ3v) is 8.16. The number of hydrogen-bond donors (Lipinski definition) is 3. The Hall–Kier alpha value is -4.38. The minimum absolute atomic E-state index is 0.0774. The fourth-order valence-electron chi connectivity index (χ4n) is 5.83. The van der Waals surface area contributed by atoms with Crippen LogP contribution in [0.25, 0.3) is 44.8 Å². The summed E-state index contributed by atoms with van der Waals surface area (Å²) < 4.78 is 0. The number of anilines is 2. The first-order chi connectivity index (χ1) is 19.6. The van der Waals surface area contributed by atoms with E-state index in [2.05, 4.69) is 52.3 Å². The molecule has 11 nitrogen and oxygen atoms in total. The predicted octanol–water partition coefficient (Wildman–Crippen LogP) is 4.23. The van der Waals surface area contributed by atoms with E-state index in [1.165, 1.54) is 6.42 Å². The number of nitrogens with zero attached hydrogens (tertiary/aromatic N) is 7. The van der Waals surface area contributed by atoms with Crippen LogP contribution < -0.4 is 10.2 Å². The molecule has 1 aliphatic carbocycles. The molecule has 2 fully saturated rings. The summed E-state index contributed by atoms with van der Waals surface area (Å²) in [5, 5.41) is 11.6. The van der Waals surface area contributed by atoms with Crippen molar-refractivity contribution in [3.05, 3.63) is 43.0 Å². The number of carbonyl (C=O) groups excluding carboxylic acids is 1. The van der Waals surface area contributed by atoms with E-state index in [0.29, 0.717) is 22.9 Å². The van der Waals surface area contributed by atoms with Gasteiger partial charge < -0.3 is 20.1 Å². The number of amides is 1. The van der Waals surface area contributed by atoms with Gasteiger partial charge in [-0.15, -0.1) is 0 Å². The zero-order chi connectivity index (χ0) is 27.1. The number of fused-ring (bicyclic) bond motifs is 2. The van der Waals surface area contributed by atoms with Gasteiger partial charge in [-0.25, -0.2) is 9.97 Å². The number of carbonyl (C=O) groups is 1. The summed E-state index contributed by atoms with van der Waals surface area (Å²) >= 11 is 0. The molecular weight excluding hydrogens is 504 g/mol. The molecule has 0 spiro atoms. The Morgan fingerprint density at radius 1 is 1.02 bits per heavy atom. The molecule has 40 heavy (non-hydrogen) atoms. The number of hydrogen-bond acceptors (Lipinski definition) is 8. The van der Waals surface area contributed by atoms with E-state index < -0.39 is 0 Å². The summed E-state index contributed by atoms with van der Waals surface area (Å²) in [4.78, 5) is 39.3. The maximum atomic E-state index is 12.8. The summed E-state index contributed by atoms with van der Waals surface area (Å²) in [6.07, 6.45) is 12.4. The third kappa shape index (κ3) is 4.66. The van der Waals surface area contributed by atoms with Gasteiger partial charge >= 0.3 is 0 Å². The number of H-pyrrole nitrogens is 2. The highest BCUT2D eigenvalue weighted by atomic mass is 16.1. The van der Waals surface area contributed by atoms with Gasteiger partial charge in [-0.05, 0) is 38.1 Å². The van der Waals surface area contributed by atoms with Crippen molar-refractivity contribution in [2.24, 2.45) is 5.92 Å². The van der Waals surface area contributed by atoms with Crippen LogP contribution in [0.3, 0.4) is 0 Å². The summed E-state index contributed by atoms with van der Waals surface area (Å²) in [6, 6.07) is 5.96. The average Bonchev–Trinajstić information content (AvgIpc) is 3.62. The Balaban J connectivity index is 1.19. The van der Waals surface area contributed by atoms with Crippen LogP contribution in [0.2, 0.25) is 0 Å². The standard InChI is InChI=1S/C29H32N10O/c1-38-9-11-39(12-10-38)24-7-8-31-27-26(24)34-28(35-27)25-21-14-22(32-17-23(21)36-37-25)19-13-20(16-30-15-19)33-29(40)18-5-3-2-4-6-18/h7-8,13-18H,2-6,9-12H2,1H3,(H,33,40)(H,36,37)(H,31,34,35). The number of imidazole rings is 1. The largest absolute Gasteiger partial charge is 0.367 e. The van der Waals surface area contributed by atoms with E-state index in [4.69, 9.17) is 4.98 Å². The predicted molar refractivity (Wildman–Crippen MR) is 155 cm³/mol. The highest BCUT2D eigenvalue weighted by Crippen LogP contribution is 2.32. The van der Waals surface area contributed by atoms with Gasteiger partial charge in [0.1, 0.15) is 11.2 Å². The van der Waals surface area contributed by atoms with Crippen LogP contribution in [-0.2, 0) is 4.79 Å². The lowest BCUT2D eigenvalue weighted by molar-refractivity contribution is -0.120. The van der Waals surface area contributed by atoms with Crippen LogP contribution in [0.5, 0.6) is 0 Å². The van der Waals surface area contributed by atoms with Crippen molar-refractivity contribution in [2.75, 3.05) is 43.4 Å². The second-order valence-corrected chi connectivity index (χ2v) is 10.9. The number of piperazine rings is 1. The number of aromatic nitrogens is 7. The molecule has 5 aromatic heterocycles. The molecule has 1 saturated heterocycles. The average molecular weight is 537 g/mol. The SMILES string of the molecule is CN1CCN(c2ccnc3nc(-c4n[nH]c5cnc(-c6cncc(NC(=O)C7CCCCC7)c6)cc45)[nH]c23)CC1. The van der Waals surface area contributed by atoms with Gasteiger partial charge in [-0.1, -0.05) is 19.3 Å². The fourth-order valence-corrected chi connectivity index (χ4v) is 5.83. The van der Waals surface area contributed by atoms with E-state index in [9.17, 15) is 4.79 Å². The van der Waals surface area contributed by atoms with E-state index >= 15 is 0 Å². The molecule has 204 valence electrons. The summed E-state index contributed by atoms with van der Waals surface area (Å²) in [5.74, 6) is 0.808. The Morgan fingerprint density at radius 2 is 1.88 bits per heavy atom. The number of nitrogens with one attached hydrogen (secondary N) is 3. The van der Waals surface area contributed by atoms with Gasteiger partial charge in [-0.2, -0.15) is 5.10 Å². The first kappa shape index (κ1) is 24.6. The lowest BCUT2D eigenvalue weighted by atomic mass is 9.88. The quantitative estimate of drug-likeness (QED) is 0.304. The van der Waals surface area contributed by atoms with Crippen LogP contribution in [0, 0.1) is 5.92 Å². The monoisotopic (exact) mass is 536 g/mol. The fraction of sp³-hybridized carbons (Fsp3) is 0.379. The Kier molecular flexibility index (Phi) is 6.35. The second-order valence-electron chi connectivity index (χ2n) is 10.9. The number of likely N-dealkylation sites (N-methyl/N-ethyl adjacent to an activating group) is 1. The topological polar surface area (TPSA) is 132 Å². The van der Waals surface area contributed by atoms with Crippen LogP contribution in [-0.4, -0.2) is 79.2 Å². The van der Waals surface area contributed by atoms with Crippen molar-refractivity contribution in [3.63, 3.8) is 0 Å². The molecule has 0 aromatic carbocycles. The minimum Gasteiger partial charge on any atom is -0.367 e. The smallest absolute Gasteiger partial charge is 0.227 e. The molecule has 0 atom stereocenters. The highest BCUT2D eigenvalue weighted by molar-refractivity contribution is 5.96. The van der Waals surface area contributed by atoms with Gasteiger partial charge in [0, 0.05) is 55.4 Å². The van der Waals surface area contributed by atoms with Crippen molar-refractivity contribution in [2.45, 2.75) is 32.1 Å². The highest BCUT2D eigenvalue weighted by Gasteiger charge is 2.22. The van der Waals surface area contributed by atoms with Crippen molar-refractivity contribution >= 4 is 39.3 Å². The maximum absolute atomic E-state index is 12.8. The molecule has 7 rings (SSSR count). The Labute approximate surface area is 231 Å². The maximum Gasteiger partial charge on any atom is 0.227 e. The third-order valence-electron chi connectivity index (χ3n) is 8.16. The van der Waals surface area contributed by atoms with E-state index in [1.807, 2.05) is 24.4 Å². The van der Waals surface area contributed by atoms with Crippen molar-refractivity contribution in [1.82, 2.24) is 40.0 Å². The second kappa shape index (κ2) is 10.3. The van der Waals surface area contributed by atoms with Crippen LogP contribution >= 0.6 is 0 Å². The molecule has 1 aliphatic heterocycles. The van der Waals surface area contributed by atoms with Crippen molar-refractivity contribution in [1.29, 1.82) is 0 Å². The van der Waals surface area contributed by atoms with E-state index in [-0.39, 0.29) is 11.8 Å². The molecule has 2 aliphatic rings.